The quantitative estimate of drug-likeness (QED) is 0.447. The summed E-state index contributed by atoms with van der Waals surface area (Å²) in [6.45, 7) is 8.16. The summed E-state index contributed by atoms with van der Waals surface area (Å²) < 4.78 is 4.95. The minimum absolute atomic E-state index is 0.0788. The Morgan fingerprint density at radius 1 is 1.91 bits per heavy atom. The van der Waals surface area contributed by atoms with Gasteiger partial charge in [0, 0.05) is 5.92 Å². The van der Waals surface area contributed by atoms with Crippen molar-refractivity contribution in [1.29, 1.82) is 0 Å². The average molecular weight is 154 g/mol. The lowest BCUT2D eigenvalue weighted by Crippen LogP contribution is -2.27. The molecule has 1 saturated heterocycles. The van der Waals surface area contributed by atoms with E-state index in [9.17, 15) is 4.79 Å². The van der Waals surface area contributed by atoms with Gasteiger partial charge in [-0.2, -0.15) is 0 Å². The van der Waals surface area contributed by atoms with E-state index >= 15 is 0 Å². The average Bonchev–Trinajstić information content (AvgIpc) is 2.19. The van der Waals surface area contributed by atoms with Crippen LogP contribution in [0.15, 0.2) is 12.7 Å². The Labute approximate surface area is 67.2 Å². The third-order valence-corrected chi connectivity index (χ3v) is 2.59. The van der Waals surface area contributed by atoms with E-state index in [0.717, 1.165) is 0 Å². The van der Waals surface area contributed by atoms with Gasteiger partial charge in [0.25, 0.3) is 0 Å². The molecule has 0 aromatic heterocycles. The lowest BCUT2D eigenvalue weighted by molar-refractivity contribution is -0.145. The predicted octanol–water partition coefficient (Wildman–Crippen LogP) is 1.76. The maximum atomic E-state index is 11.2. The molecule has 1 aliphatic rings. The highest BCUT2D eigenvalue weighted by Gasteiger charge is 2.44. The number of carbonyl (C=O) groups is 1. The van der Waals surface area contributed by atoms with Gasteiger partial charge in [-0.1, -0.05) is 13.0 Å². The van der Waals surface area contributed by atoms with Crippen molar-refractivity contribution in [3.05, 3.63) is 12.7 Å². The summed E-state index contributed by atoms with van der Waals surface area (Å²) in [5.74, 6) is 0.234. The molecule has 0 saturated carbocycles. The molecular formula is C9H14O2. The van der Waals surface area contributed by atoms with Crippen LogP contribution >= 0.6 is 0 Å². The van der Waals surface area contributed by atoms with Gasteiger partial charge in [0.05, 0.1) is 12.0 Å². The third kappa shape index (κ3) is 1.17. The van der Waals surface area contributed by atoms with Gasteiger partial charge in [-0.15, -0.1) is 6.58 Å². The zero-order chi connectivity index (χ0) is 8.48. The standard InChI is InChI=1S/C9H14O2/c1-4-5-9(3)7(2)6-11-8(9)10/h4,7H,1,5-6H2,2-3H3/t7-,9-/m1/s1. The summed E-state index contributed by atoms with van der Waals surface area (Å²) in [6, 6.07) is 0. The minimum atomic E-state index is -0.318. The number of allylic oxidation sites excluding steroid dienone is 1. The van der Waals surface area contributed by atoms with Crippen LogP contribution in [-0.2, 0) is 9.53 Å². The van der Waals surface area contributed by atoms with Gasteiger partial charge in [-0.3, -0.25) is 4.79 Å². The van der Waals surface area contributed by atoms with Crippen molar-refractivity contribution in [2.24, 2.45) is 11.3 Å². The zero-order valence-electron chi connectivity index (χ0n) is 7.09. The molecule has 0 amide bonds. The van der Waals surface area contributed by atoms with Gasteiger partial charge in [0.2, 0.25) is 0 Å². The Hall–Kier alpha value is -0.790. The van der Waals surface area contributed by atoms with Gasteiger partial charge >= 0.3 is 5.97 Å². The van der Waals surface area contributed by atoms with E-state index in [-0.39, 0.29) is 11.4 Å². The van der Waals surface area contributed by atoms with Crippen molar-refractivity contribution in [3.8, 4) is 0 Å². The smallest absolute Gasteiger partial charge is 0.312 e. The first-order valence-electron chi connectivity index (χ1n) is 3.89. The molecule has 2 heteroatoms. The lowest BCUT2D eigenvalue weighted by atomic mass is 9.78. The van der Waals surface area contributed by atoms with E-state index in [2.05, 4.69) is 6.58 Å². The van der Waals surface area contributed by atoms with Gasteiger partial charge in [0.1, 0.15) is 0 Å². The molecule has 0 bridgehead atoms. The largest absolute Gasteiger partial charge is 0.465 e. The molecule has 0 aromatic carbocycles. The van der Waals surface area contributed by atoms with E-state index in [0.29, 0.717) is 18.9 Å². The van der Waals surface area contributed by atoms with Crippen LogP contribution in [0.4, 0.5) is 0 Å². The Balaban J connectivity index is 2.79. The first-order chi connectivity index (χ1) is 5.11. The number of ether oxygens (including phenoxy) is 1. The van der Waals surface area contributed by atoms with Crippen molar-refractivity contribution < 1.29 is 9.53 Å². The summed E-state index contributed by atoms with van der Waals surface area (Å²) in [6.07, 6.45) is 2.50. The molecule has 0 aromatic rings. The number of rotatable bonds is 2. The van der Waals surface area contributed by atoms with Crippen molar-refractivity contribution in [2.75, 3.05) is 6.61 Å². The fourth-order valence-corrected chi connectivity index (χ4v) is 1.34. The summed E-state index contributed by atoms with van der Waals surface area (Å²) in [5, 5.41) is 0. The molecule has 0 N–H and O–H groups in total. The topological polar surface area (TPSA) is 26.3 Å². The molecule has 0 aliphatic carbocycles. The van der Waals surface area contributed by atoms with E-state index in [1.54, 1.807) is 6.08 Å². The van der Waals surface area contributed by atoms with Gasteiger partial charge in [-0.25, -0.2) is 0 Å². The molecule has 1 aliphatic heterocycles. The molecule has 1 heterocycles. The normalized spacial score (nSPS) is 36.9. The maximum Gasteiger partial charge on any atom is 0.312 e. The summed E-state index contributed by atoms with van der Waals surface area (Å²) in [5.41, 5.74) is -0.318. The van der Waals surface area contributed by atoms with Crippen LogP contribution in [0.5, 0.6) is 0 Å². The molecule has 1 fully saturated rings. The van der Waals surface area contributed by atoms with Crippen LogP contribution in [0.2, 0.25) is 0 Å². The summed E-state index contributed by atoms with van der Waals surface area (Å²) in [7, 11) is 0. The summed E-state index contributed by atoms with van der Waals surface area (Å²) >= 11 is 0. The third-order valence-electron chi connectivity index (χ3n) is 2.59. The van der Waals surface area contributed by atoms with Crippen molar-refractivity contribution in [3.63, 3.8) is 0 Å². The summed E-state index contributed by atoms with van der Waals surface area (Å²) in [4.78, 5) is 11.2. The lowest BCUT2D eigenvalue weighted by Gasteiger charge is -2.21. The molecule has 1 rings (SSSR count). The Morgan fingerprint density at radius 2 is 2.55 bits per heavy atom. The predicted molar refractivity (Wildman–Crippen MR) is 43.0 cm³/mol. The first-order valence-corrected chi connectivity index (χ1v) is 3.89. The molecule has 2 atom stereocenters. The molecule has 62 valence electrons. The van der Waals surface area contributed by atoms with Crippen LogP contribution in [-0.4, -0.2) is 12.6 Å². The fourth-order valence-electron chi connectivity index (χ4n) is 1.34. The van der Waals surface area contributed by atoms with E-state index < -0.39 is 0 Å². The second-order valence-corrected chi connectivity index (χ2v) is 3.41. The van der Waals surface area contributed by atoms with Crippen LogP contribution in [0.25, 0.3) is 0 Å². The molecular weight excluding hydrogens is 140 g/mol. The second-order valence-electron chi connectivity index (χ2n) is 3.41. The van der Waals surface area contributed by atoms with Gasteiger partial charge in [-0.05, 0) is 13.3 Å². The minimum Gasteiger partial charge on any atom is -0.465 e. The highest BCUT2D eigenvalue weighted by Crippen LogP contribution is 2.38. The number of cyclic esters (lactones) is 1. The van der Waals surface area contributed by atoms with E-state index in [1.807, 2.05) is 13.8 Å². The Morgan fingerprint density at radius 3 is 2.91 bits per heavy atom. The van der Waals surface area contributed by atoms with Crippen LogP contribution < -0.4 is 0 Å². The van der Waals surface area contributed by atoms with Crippen molar-refractivity contribution in [2.45, 2.75) is 20.3 Å². The number of hydrogen-bond acceptors (Lipinski definition) is 2. The highest BCUT2D eigenvalue weighted by molar-refractivity contribution is 5.78. The number of hydrogen-bond donors (Lipinski definition) is 0. The van der Waals surface area contributed by atoms with Crippen molar-refractivity contribution >= 4 is 5.97 Å². The number of esters is 1. The maximum absolute atomic E-state index is 11.2. The first kappa shape index (κ1) is 8.31. The molecule has 11 heavy (non-hydrogen) atoms. The molecule has 0 radical (unpaired) electrons. The number of carbonyl (C=O) groups excluding carboxylic acids is 1. The SMILES string of the molecule is C=CC[C@@]1(C)C(=O)OC[C@H]1C. The molecule has 0 spiro atoms. The highest BCUT2D eigenvalue weighted by atomic mass is 16.5. The van der Waals surface area contributed by atoms with E-state index in [4.69, 9.17) is 4.74 Å². The fraction of sp³-hybridized carbons (Fsp3) is 0.667. The van der Waals surface area contributed by atoms with Crippen LogP contribution in [0, 0.1) is 11.3 Å². The van der Waals surface area contributed by atoms with Crippen molar-refractivity contribution in [1.82, 2.24) is 0 Å². The van der Waals surface area contributed by atoms with Gasteiger partial charge in [0.15, 0.2) is 0 Å². The van der Waals surface area contributed by atoms with Crippen LogP contribution in [0.3, 0.4) is 0 Å². The van der Waals surface area contributed by atoms with Gasteiger partial charge < -0.3 is 4.74 Å². The van der Waals surface area contributed by atoms with E-state index in [1.165, 1.54) is 0 Å². The second kappa shape index (κ2) is 2.68. The van der Waals surface area contributed by atoms with Crippen LogP contribution in [0.1, 0.15) is 20.3 Å². The monoisotopic (exact) mass is 154 g/mol. The molecule has 2 nitrogen and oxygen atoms in total. The Kier molecular flexibility index (Phi) is 2.03. The molecule has 0 unspecified atom stereocenters. The zero-order valence-corrected chi connectivity index (χ0v) is 7.09. The Bertz CT molecular complexity index is 186.